The molecule has 4 rings (SSSR count). The molecule has 31 heavy (non-hydrogen) atoms. The number of anilines is 1. The summed E-state index contributed by atoms with van der Waals surface area (Å²) in [5.41, 5.74) is 4.57. The van der Waals surface area contributed by atoms with Crippen molar-refractivity contribution >= 4 is 5.82 Å². The summed E-state index contributed by atoms with van der Waals surface area (Å²) in [5, 5.41) is 3.53. The van der Waals surface area contributed by atoms with Crippen LogP contribution < -0.4 is 10.1 Å². The average Bonchev–Trinajstić information content (AvgIpc) is 2.83. The van der Waals surface area contributed by atoms with Gasteiger partial charge in [0.1, 0.15) is 11.6 Å². The third-order valence-electron chi connectivity index (χ3n) is 5.46. The van der Waals surface area contributed by atoms with E-state index in [1.807, 2.05) is 24.3 Å². The highest BCUT2D eigenvalue weighted by molar-refractivity contribution is 5.59. The maximum absolute atomic E-state index is 5.27. The van der Waals surface area contributed by atoms with E-state index in [4.69, 9.17) is 19.4 Å². The summed E-state index contributed by atoms with van der Waals surface area (Å²) in [6.07, 6.45) is 5.38. The predicted octanol–water partition coefficient (Wildman–Crippen LogP) is 3.55. The Balaban J connectivity index is 1.56. The summed E-state index contributed by atoms with van der Waals surface area (Å²) >= 11 is 0. The molecular weight excluding hydrogens is 390 g/mol. The zero-order valence-corrected chi connectivity index (χ0v) is 18.2. The van der Waals surface area contributed by atoms with Crippen molar-refractivity contribution in [3.8, 4) is 17.1 Å². The van der Waals surface area contributed by atoms with Gasteiger partial charge in [-0.15, -0.1) is 0 Å². The van der Waals surface area contributed by atoms with Crippen LogP contribution in [-0.2, 0) is 24.2 Å². The molecule has 0 spiro atoms. The molecule has 0 unspecified atom stereocenters. The number of nitrogens with one attached hydrogen (secondary N) is 1. The molecule has 3 heterocycles. The largest absolute Gasteiger partial charge is 0.497 e. The molecule has 0 saturated carbocycles. The van der Waals surface area contributed by atoms with Gasteiger partial charge in [0.05, 0.1) is 12.8 Å². The number of hydrogen-bond donors (Lipinski definition) is 1. The van der Waals surface area contributed by atoms with Crippen molar-refractivity contribution in [2.24, 2.45) is 0 Å². The molecule has 1 N–H and O–H groups in total. The van der Waals surface area contributed by atoms with E-state index in [2.05, 4.69) is 27.3 Å². The molecule has 3 aromatic rings. The Morgan fingerprint density at radius 3 is 2.58 bits per heavy atom. The molecule has 7 heteroatoms. The summed E-state index contributed by atoms with van der Waals surface area (Å²) in [6, 6.07) is 12.2. The first-order valence-electron chi connectivity index (χ1n) is 10.6. The lowest BCUT2D eigenvalue weighted by molar-refractivity contribution is 0.197. The predicted molar refractivity (Wildman–Crippen MR) is 121 cm³/mol. The summed E-state index contributed by atoms with van der Waals surface area (Å²) in [5.74, 6) is 2.55. The Labute approximate surface area is 183 Å². The minimum atomic E-state index is 0.723. The van der Waals surface area contributed by atoms with Crippen LogP contribution in [-0.4, -0.2) is 53.8 Å². The standard InChI is InChI=1S/C24H29N5O2/c1-30-15-3-11-26-24-21-17-29(16-18-4-6-20(31-2)7-5-18)14-10-22(21)27-23(28-24)19-8-12-25-13-9-19/h4-9,12-13H,3,10-11,14-17H2,1-2H3,(H,26,27,28). The molecule has 0 amide bonds. The molecule has 0 aliphatic carbocycles. The third kappa shape index (κ3) is 5.37. The lowest BCUT2D eigenvalue weighted by atomic mass is 10.0. The van der Waals surface area contributed by atoms with Crippen molar-refractivity contribution in [1.29, 1.82) is 0 Å². The zero-order valence-electron chi connectivity index (χ0n) is 18.2. The fourth-order valence-corrected chi connectivity index (χ4v) is 3.79. The fraction of sp³-hybridized carbons (Fsp3) is 0.375. The van der Waals surface area contributed by atoms with Crippen LogP contribution in [0.15, 0.2) is 48.8 Å². The van der Waals surface area contributed by atoms with Crippen LogP contribution in [0.4, 0.5) is 5.82 Å². The molecule has 0 bridgehead atoms. The van der Waals surface area contributed by atoms with Crippen molar-refractivity contribution in [2.45, 2.75) is 25.9 Å². The van der Waals surface area contributed by atoms with Gasteiger partial charge in [-0.3, -0.25) is 9.88 Å². The van der Waals surface area contributed by atoms with Crippen molar-refractivity contribution < 1.29 is 9.47 Å². The van der Waals surface area contributed by atoms with Gasteiger partial charge in [-0.25, -0.2) is 9.97 Å². The van der Waals surface area contributed by atoms with E-state index in [-0.39, 0.29) is 0 Å². The van der Waals surface area contributed by atoms with E-state index >= 15 is 0 Å². The normalized spacial score (nSPS) is 13.6. The molecule has 0 saturated heterocycles. The molecule has 2 aromatic heterocycles. The van der Waals surface area contributed by atoms with Gasteiger partial charge in [-0.05, 0) is 36.2 Å². The smallest absolute Gasteiger partial charge is 0.161 e. The van der Waals surface area contributed by atoms with Crippen molar-refractivity contribution in [3.63, 3.8) is 0 Å². The average molecular weight is 420 g/mol. The van der Waals surface area contributed by atoms with Gasteiger partial charge < -0.3 is 14.8 Å². The van der Waals surface area contributed by atoms with Gasteiger partial charge in [0.2, 0.25) is 0 Å². The Kier molecular flexibility index (Phi) is 7.07. The van der Waals surface area contributed by atoms with E-state index in [1.165, 1.54) is 11.1 Å². The van der Waals surface area contributed by atoms with Gasteiger partial charge in [0.25, 0.3) is 0 Å². The number of benzene rings is 1. The van der Waals surface area contributed by atoms with E-state index in [1.54, 1.807) is 26.6 Å². The van der Waals surface area contributed by atoms with Gasteiger partial charge in [0.15, 0.2) is 5.82 Å². The quantitative estimate of drug-likeness (QED) is 0.532. The number of ether oxygens (including phenoxy) is 2. The number of pyridine rings is 1. The number of hydrogen-bond acceptors (Lipinski definition) is 7. The molecular formula is C24H29N5O2. The first-order valence-corrected chi connectivity index (χ1v) is 10.6. The highest BCUT2D eigenvalue weighted by Gasteiger charge is 2.23. The van der Waals surface area contributed by atoms with Crippen LogP contribution in [0.2, 0.25) is 0 Å². The number of nitrogens with zero attached hydrogens (tertiary/aromatic N) is 4. The second kappa shape index (κ2) is 10.3. The van der Waals surface area contributed by atoms with Crippen molar-refractivity contribution in [2.75, 3.05) is 39.2 Å². The van der Waals surface area contributed by atoms with Gasteiger partial charge in [0, 0.05) is 69.8 Å². The second-order valence-corrected chi connectivity index (χ2v) is 7.64. The Bertz CT molecular complexity index is 979. The molecule has 1 aromatic carbocycles. The lowest BCUT2D eigenvalue weighted by Crippen LogP contribution is -2.32. The van der Waals surface area contributed by atoms with E-state index in [0.29, 0.717) is 0 Å². The number of rotatable bonds is 9. The highest BCUT2D eigenvalue weighted by Crippen LogP contribution is 2.28. The lowest BCUT2D eigenvalue weighted by Gasteiger charge is -2.30. The SMILES string of the molecule is COCCCNc1nc(-c2ccncc2)nc2c1CN(Cc1ccc(OC)cc1)CC2. The molecule has 0 radical (unpaired) electrons. The highest BCUT2D eigenvalue weighted by atomic mass is 16.5. The number of aromatic nitrogens is 3. The van der Waals surface area contributed by atoms with Crippen molar-refractivity contribution in [1.82, 2.24) is 19.9 Å². The van der Waals surface area contributed by atoms with Crippen LogP contribution in [0.3, 0.4) is 0 Å². The minimum Gasteiger partial charge on any atom is -0.497 e. The van der Waals surface area contributed by atoms with Gasteiger partial charge in [-0.1, -0.05) is 12.1 Å². The van der Waals surface area contributed by atoms with Crippen LogP contribution in [0.5, 0.6) is 5.75 Å². The molecule has 162 valence electrons. The topological polar surface area (TPSA) is 72.4 Å². The first kappa shape index (κ1) is 21.2. The monoisotopic (exact) mass is 419 g/mol. The molecule has 1 aliphatic rings. The van der Waals surface area contributed by atoms with E-state index in [0.717, 1.165) is 74.3 Å². The third-order valence-corrected chi connectivity index (χ3v) is 5.46. The zero-order chi connectivity index (χ0) is 21.5. The Morgan fingerprint density at radius 2 is 1.84 bits per heavy atom. The van der Waals surface area contributed by atoms with E-state index < -0.39 is 0 Å². The van der Waals surface area contributed by atoms with Crippen LogP contribution in [0.25, 0.3) is 11.4 Å². The van der Waals surface area contributed by atoms with Crippen LogP contribution in [0, 0.1) is 0 Å². The van der Waals surface area contributed by atoms with Crippen LogP contribution in [0.1, 0.15) is 23.2 Å². The minimum absolute atomic E-state index is 0.723. The second-order valence-electron chi connectivity index (χ2n) is 7.64. The fourth-order valence-electron chi connectivity index (χ4n) is 3.79. The Hall–Kier alpha value is -3.03. The van der Waals surface area contributed by atoms with Crippen LogP contribution >= 0.6 is 0 Å². The maximum Gasteiger partial charge on any atom is 0.161 e. The van der Waals surface area contributed by atoms with E-state index in [9.17, 15) is 0 Å². The first-order chi connectivity index (χ1) is 15.3. The van der Waals surface area contributed by atoms with Gasteiger partial charge in [-0.2, -0.15) is 0 Å². The summed E-state index contributed by atoms with van der Waals surface area (Å²) < 4.78 is 10.5. The van der Waals surface area contributed by atoms with Gasteiger partial charge >= 0.3 is 0 Å². The molecule has 1 aliphatic heterocycles. The number of fused-ring (bicyclic) bond motifs is 1. The molecule has 0 atom stereocenters. The molecule has 7 nitrogen and oxygen atoms in total. The number of methoxy groups -OCH3 is 2. The summed E-state index contributed by atoms with van der Waals surface area (Å²) in [4.78, 5) is 16.3. The molecule has 0 fully saturated rings. The summed E-state index contributed by atoms with van der Waals surface area (Å²) in [6.45, 7) is 4.21. The Morgan fingerprint density at radius 1 is 1.03 bits per heavy atom. The maximum atomic E-state index is 5.27. The summed E-state index contributed by atoms with van der Waals surface area (Å²) in [7, 11) is 3.42. The van der Waals surface area contributed by atoms with Crippen molar-refractivity contribution in [3.05, 3.63) is 65.6 Å².